The van der Waals surface area contributed by atoms with Crippen molar-refractivity contribution in [3.8, 4) is 11.5 Å². The van der Waals surface area contributed by atoms with Gasteiger partial charge in [0.25, 0.3) is 0 Å². The standard InChI is InChI=1S/C21H26N2O3/c1-16(2)14-17-15-25-13-12-23(17)21(24)22-19-10-6-7-11-20(19)26-18-8-4-3-5-9-18/h3-11,16-17H,12-15H2,1-2H3,(H,22,24). The maximum atomic E-state index is 12.9. The molecule has 5 heteroatoms. The van der Waals surface area contributed by atoms with Crippen molar-refractivity contribution in [2.45, 2.75) is 26.3 Å². The summed E-state index contributed by atoms with van der Waals surface area (Å²) < 4.78 is 11.5. The molecule has 0 aliphatic carbocycles. The largest absolute Gasteiger partial charge is 0.455 e. The molecule has 2 amide bonds. The summed E-state index contributed by atoms with van der Waals surface area (Å²) in [6.07, 6.45) is 0.926. The van der Waals surface area contributed by atoms with Gasteiger partial charge in [-0.1, -0.05) is 44.2 Å². The minimum absolute atomic E-state index is 0.103. The molecule has 0 spiro atoms. The van der Waals surface area contributed by atoms with E-state index in [4.69, 9.17) is 9.47 Å². The number of hydrogen-bond acceptors (Lipinski definition) is 3. The van der Waals surface area contributed by atoms with Gasteiger partial charge in [-0.2, -0.15) is 0 Å². The predicted molar refractivity (Wildman–Crippen MR) is 103 cm³/mol. The minimum atomic E-state index is -0.108. The summed E-state index contributed by atoms with van der Waals surface area (Å²) in [5.41, 5.74) is 0.663. The summed E-state index contributed by atoms with van der Waals surface area (Å²) in [6, 6.07) is 17.0. The molecule has 2 aromatic rings. The Balaban J connectivity index is 1.72. The SMILES string of the molecule is CC(C)CC1COCCN1C(=O)Nc1ccccc1Oc1ccccc1. The molecule has 1 atom stereocenters. The maximum absolute atomic E-state index is 12.9. The molecule has 0 aromatic heterocycles. The lowest BCUT2D eigenvalue weighted by atomic mass is 10.0. The van der Waals surface area contributed by atoms with E-state index in [2.05, 4.69) is 19.2 Å². The van der Waals surface area contributed by atoms with E-state index < -0.39 is 0 Å². The van der Waals surface area contributed by atoms with E-state index >= 15 is 0 Å². The Bertz CT molecular complexity index is 718. The van der Waals surface area contributed by atoms with Gasteiger partial charge in [0.2, 0.25) is 0 Å². The number of urea groups is 1. The number of carbonyl (C=O) groups excluding carboxylic acids is 1. The van der Waals surface area contributed by atoms with E-state index in [1.54, 1.807) is 0 Å². The van der Waals surface area contributed by atoms with Gasteiger partial charge in [-0.15, -0.1) is 0 Å². The molecule has 1 aliphatic heterocycles. The van der Waals surface area contributed by atoms with Crippen molar-refractivity contribution in [1.29, 1.82) is 0 Å². The van der Waals surface area contributed by atoms with Gasteiger partial charge in [-0.25, -0.2) is 4.79 Å². The predicted octanol–water partition coefficient (Wildman–Crippen LogP) is 4.76. The number of nitrogens with zero attached hydrogens (tertiary/aromatic N) is 1. The van der Waals surface area contributed by atoms with Crippen molar-refractivity contribution >= 4 is 11.7 Å². The van der Waals surface area contributed by atoms with Crippen molar-refractivity contribution in [2.24, 2.45) is 5.92 Å². The molecule has 1 fully saturated rings. The average molecular weight is 354 g/mol. The maximum Gasteiger partial charge on any atom is 0.322 e. The van der Waals surface area contributed by atoms with Gasteiger partial charge in [0.1, 0.15) is 5.75 Å². The molecular weight excluding hydrogens is 328 g/mol. The van der Waals surface area contributed by atoms with Crippen LogP contribution in [0.1, 0.15) is 20.3 Å². The van der Waals surface area contributed by atoms with Crippen LogP contribution < -0.4 is 10.1 Å². The molecule has 5 nitrogen and oxygen atoms in total. The normalized spacial score (nSPS) is 17.2. The number of morpholine rings is 1. The molecule has 0 bridgehead atoms. The summed E-state index contributed by atoms with van der Waals surface area (Å²) in [5.74, 6) is 1.87. The van der Waals surface area contributed by atoms with Crippen LogP contribution in [-0.2, 0) is 4.74 Å². The Morgan fingerprint density at radius 3 is 2.69 bits per heavy atom. The molecule has 2 aromatic carbocycles. The number of nitrogens with one attached hydrogen (secondary N) is 1. The van der Waals surface area contributed by atoms with E-state index in [-0.39, 0.29) is 12.1 Å². The van der Waals surface area contributed by atoms with Gasteiger partial charge in [-0.3, -0.25) is 0 Å². The number of para-hydroxylation sites is 3. The Morgan fingerprint density at radius 2 is 1.92 bits per heavy atom. The van der Waals surface area contributed by atoms with Crippen LogP contribution in [-0.4, -0.2) is 36.7 Å². The lowest BCUT2D eigenvalue weighted by molar-refractivity contribution is 0.00856. The highest BCUT2D eigenvalue weighted by atomic mass is 16.5. The highest BCUT2D eigenvalue weighted by Crippen LogP contribution is 2.29. The van der Waals surface area contributed by atoms with Crippen LogP contribution in [0.2, 0.25) is 0 Å². The topological polar surface area (TPSA) is 50.8 Å². The van der Waals surface area contributed by atoms with Crippen LogP contribution >= 0.6 is 0 Å². The molecule has 138 valence electrons. The van der Waals surface area contributed by atoms with E-state index in [9.17, 15) is 4.79 Å². The third-order valence-corrected chi connectivity index (χ3v) is 4.33. The molecule has 1 saturated heterocycles. The minimum Gasteiger partial charge on any atom is -0.455 e. The Hall–Kier alpha value is -2.53. The van der Waals surface area contributed by atoms with E-state index in [1.165, 1.54) is 0 Å². The quantitative estimate of drug-likeness (QED) is 0.842. The van der Waals surface area contributed by atoms with E-state index in [0.717, 1.165) is 12.2 Å². The molecule has 1 N–H and O–H groups in total. The second-order valence-electron chi connectivity index (χ2n) is 6.89. The first-order valence-corrected chi connectivity index (χ1v) is 9.11. The number of amides is 2. The molecule has 26 heavy (non-hydrogen) atoms. The summed E-state index contributed by atoms with van der Waals surface area (Å²) in [6.45, 7) is 6.09. The van der Waals surface area contributed by atoms with Gasteiger partial charge in [0.15, 0.2) is 5.75 Å². The second kappa shape index (κ2) is 8.72. The first-order chi connectivity index (χ1) is 12.6. The molecule has 0 radical (unpaired) electrons. The summed E-state index contributed by atoms with van der Waals surface area (Å²) >= 11 is 0. The molecule has 3 rings (SSSR count). The fourth-order valence-electron chi connectivity index (χ4n) is 3.12. The highest BCUT2D eigenvalue weighted by molar-refractivity contribution is 5.91. The van der Waals surface area contributed by atoms with Crippen molar-refractivity contribution in [1.82, 2.24) is 4.90 Å². The van der Waals surface area contributed by atoms with E-state index in [0.29, 0.717) is 37.1 Å². The van der Waals surface area contributed by atoms with Gasteiger partial charge < -0.3 is 19.7 Å². The molecule has 1 unspecified atom stereocenters. The fourth-order valence-corrected chi connectivity index (χ4v) is 3.12. The van der Waals surface area contributed by atoms with Crippen molar-refractivity contribution < 1.29 is 14.3 Å². The number of rotatable bonds is 5. The summed E-state index contributed by atoms with van der Waals surface area (Å²) in [5, 5.41) is 3.01. The summed E-state index contributed by atoms with van der Waals surface area (Å²) in [4.78, 5) is 14.7. The van der Waals surface area contributed by atoms with E-state index in [1.807, 2.05) is 59.5 Å². The number of carbonyl (C=O) groups is 1. The number of benzene rings is 2. The van der Waals surface area contributed by atoms with Crippen molar-refractivity contribution in [3.63, 3.8) is 0 Å². The zero-order valence-electron chi connectivity index (χ0n) is 15.4. The van der Waals surface area contributed by atoms with Crippen LogP contribution in [0.4, 0.5) is 10.5 Å². The fraction of sp³-hybridized carbons (Fsp3) is 0.381. The first kappa shape index (κ1) is 18.3. The zero-order chi connectivity index (χ0) is 18.4. The van der Waals surface area contributed by atoms with Crippen LogP contribution in [0.25, 0.3) is 0 Å². The van der Waals surface area contributed by atoms with Gasteiger partial charge >= 0.3 is 6.03 Å². The summed E-state index contributed by atoms with van der Waals surface area (Å²) in [7, 11) is 0. The van der Waals surface area contributed by atoms with Gasteiger partial charge in [0, 0.05) is 6.54 Å². The second-order valence-corrected chi connectivity index (χ2v) is 6.89. The van der Waals surface area contributed by atoms with Crippen LogP contribution in [0, 0.1) is 5.92 Å². The lowest BCUT2D eigenvalue weighted by Crippen LogP contribution is -2.50. The smallest absolute Gasteiger partial charge is 0.322 e. The van der Waals surface area contributed by atoms with Crippen LogP contribution in [0.5, 0.6) is 11.5 Å². The third kappa shape index (κ3) is 4.76. The van der Waals surface area contributed by atoms with Crippen LogP contribution in [0.3, 0.4) is 0 Å². The van der Waals surface area contributed by atoms with Crippen molar-refractivity contribution in [3.05, 3.63) is 54.6 Å². The van der Waals surface area contributed by atoms with Crippen LogP contribution in [0.15, 0.2) is 54.6 Å². The van der Waals surface area contributed by atoms with Gasteiger partial charge in [0.05, 0.1) is 24.9 Å². The monoisotopic (exact) mass is 354 g/mol. The Labute approximate surface area is 154 Å². The third-order valence-electron chi connectivity index (χ3n) is 4.33. The zero-order valence-corrected chi connectivity index (χ0v) is 15.4. The Kier molecular flexibility index (Phi) is 6.12. The highest BCUT2D eigenvalue weighted by Gasteiger charge is 2.28. The van der Waals surface area contributed by atoms with Gasteiger partial charge in [-0.05, 0) is 36.6 Å². The molecule has 0 saturated carbocycles. The molecular formula is C21H26N2O3. The lowest BCUT2D eigenvalue weighted by Gasteiger charge is -2.36. The number of hydrogen-bond donors (Lipinski definition) is 1. The molecule has 1 heterocycles. The Morgan fingerprint density at radius 1 is 1.19 bits per heavy atom. The first-order valence-electron chi connectivity index (χ1n) is 9.11. The molecule has 1 aliphatic rings. The van der Waals surface area contributed by atoms with Crippen molar-refractivity contribution in [2.75, 3.05) is 25.1 Å². The number of ether oxygens (including phenoxy) is 2. The number of anilines is 1. The average Bonchev–Trinajstić information content (AvgIpc) is 2.64.